The summed E-state index contributed by atoms with van der Waals surface area (Å²) in [4.78, 5) is 25.9. The standard InChI is InChI=1S/C24H31FN4O2/c1-18-13-27-23(14-26-18)24(30)29(17-21-6-4-12-31-21)15-19-8-10-28(11-9-19)16-20-5-2-3-7-22(20)25/h2-3,5,7,13-14,19,21H,4,6,8-12,15-17H2,1H3/t21-/m0/s1. The Kier molecular flexibility index (Phi) is 7.25. The van der Waals surface area contributed by atoms with E-state index >= 15 is 0 Å². The summed E-state index contributed by atoms with van der Waals surface area (Å²) < 4.78 is 19.8. The molecule has 0 bridgehead atoms. The van der Waals surface area contributed by atoms with E-state index in [1.165, 1.54) is 6.07 Å². The molecule has 166 valence electrons. The molecule has 2 aliphatic rings. The number of carbonyl (C=O) groups is 1. The number of aryl methyl sites for hydroxylation is 1. The zero-order chi connectivity index (χ0) is 21.6. The van der Waals surface area contributed by atoms with Crippen LogP contribution in [0.3, 0.4) is 0 Å². The highest BCUT2D eigenvalue weighted by molar-refractivity contribution is 5.92. The van der Waals surface area contributed by atoms with E-state index in [1.54, 1.807) is 18.5 Å². The summed E-state index contributed by atoms with van der Waals surface area (Å²) in [6.07, 6.45) is 7.32. The number of benzene rings is 1. The van der Waals surface area contributed by atoms with Crippen molar-refractivity contribution in [1.29, 1.82) is 0 Å². The number of hydrogen-bond donors (Lipinski definition) is 0. The van der Waals surface area contributed by atoms with Crippen molar-refractivity contribution in [1.82, 2.24) is 19.8 Å². The second-order valence-electron chi connectivity index (χ2n) is 8.70. The van der Waals surface area contributed by atoms with Crippen LogP contribution in [-0.4, -0.2) is 64.6 Å². The topological polar surface area (TPSA) is 58.6 Å². The Balaban J connectivity index is 1.36. The van der Waals surface area contributed by atoms with Crippen LogP contribution in [0.15, 0.2) is 36.7 Å². The van der Waals surface area contributed by atoms with Crippen molar-refractivity contribution < 1.29 is 13.9 Å². The number of likely N-dealkylation sites (tertiary alicyclic amines) is 1. The summed E-state index contributed by atoms with van der Waals surface area (Å²) in [6.45, 7) is 6.38. The maximum absolute atomic E-state index is 14.0. The first-order valence-electron chi connectivity index (χ1n) is 11.2. The van der Waals surface area contributed by atoms with Gasteiger partial charge in [-0.25, -0.2) is 9.37 Å². The molecule has 0 radical (unpaired) electrons. The van der Waals surface area contributed by atoms with Crippen molar-refractivity contribution in [3.8, 4) is 0 Å². The Morgan fingerprint density at radius 1 is 1.16 bits per heavy atom. The fourth-order valence-corrected chi connectivity index (χ4v) is 4.45. The fourth-order valence-electron chi connectivity index (χ4n) is 4.45. The van der Waals surface area contributed by atoms with Gasteiger partial charge >= 0.3 is 0 Å². The summed E-state index contributed by atoms with van der Waals surface area (Å²) in [6, 6.07) is 6.98. The number of carbonyl (C=O) groups excluding carboxylic acids is 1. The summed E-state index contributed by atoms with van der Waals surface area (Å²) in [7, 11) is 0. The predicted octanol–water partition coefficient (Wildman–Crippen LogP) is 3.46. The van der Waals surface area contributed by atoms with Gasteiger partial charge in [0.1, 0.15) is 11.5 Å². The van der Waals surface area contributed by atoms with Gasteiger partial charge in [0.25, 0.3) is 5.91 Å². The molecule has 7 heteroatoms. The Morgan fingerprint density at radius 3 is 2.65 bits per heavy atom. The molecule has 2 aliphatic heterocycles. The lowest BCUT2D eigenvalue weighted by Gasteiger charge is -2.35. The maximum Gasteiger partial charge on any atom is 0.274 e. The SMILES string of the molecule is Cc1cnc(C(=O)N(CC2CCN(Cc3ccccc3F)CC2)C[C@@H]2CCCO2)cn1. The first-order valence-corrected chi connectivity index (χ1v) is 11.2. The molecule has 4 rings (SSSR count). The van der Waals surface area contributed by atoms with Gasteiger partial charge in [-0.1, -0.05) is 18.2 Å². The molecule has 1 amide bonds. The van der Waals surface area contributed by atoms with Gasteiger partial charge in [-0.2, -0.15) is 0 Å². The normalized spacial score (nSPS) is 20.1. The quantitative estimate of drug-likeness (QED) is 0.679. The van der Waals surface area contributed by atoms with Crippen LogP contribution in [-0.2, 0) is 11.3 Å². The minimum Gasteiger partial charge on any atom is -0.376 e. The van der Waals surface area contributed by atoms with Crippen LogP contribution in [0.25, 0.3) is 0 Å². The van der Waals surface area contributed by atoms with E-state index in [-0.39, 0.29) is 17.8 Å². The monoisotopic (exact) mass is 426 g/mol. The third kappa shape index (κ3) is 5.86. The number of rotatable bonds is 7. The lowest BCUT2D eigenvalue weighted by Crippen LogP contribution is -2.43. The Bertz CT molecular complexity index is 862. The Labute approximate surface area is 183 Å². The Hall–Kier alpha value is -2.38. The van der Waals surface area contributed by atoms with Crippen LogP contribution < -0.4 is 0 Å². The van der Waals surface area contributed by atoms with Crippen LogP contribution >= 0.6 is 0 Å². The van der Waals surface area contributed by atoms with Crippen molar-refractivity contribution in [3.05, 3.63) is 59.4 Å². The molecule has 0 N–H and O–H groups in total. The third-order valence-electron chi connectivity index (χ3n) is 6.27. The molecule has 1 aromatic carbocycles. The molecule has 0 aliphatic carbocycles. The van der Waals surface area contributed by atoms with E-state index in [9.17, 15) is 9.18 Å². The van der Waals surface area contributed by atoms with Gasteiger partial charge in [-0.15, -0.1) is 0 Å². The largest absolute Gasteiger partial charge is 0.376 e. The van der Waals surface area contributed by atoms with Crippen molar-refractivity contribution in [2.24, 2.45) is 5.92 Å². The zero-order valence-corrected chi connectivity index (χ0v) is 18.2. The molecule has 0 unspecified atom stereocenters. The van der Waals surface area contributed by atoms with E-state index in [0.717, 1.165) is 56.6 Å². The van der Waals surface area contributed by atoms with Crippen molar-refractivity contribution in [3.63, 3.8) is 0 Å². The number of piperidine rings is 1. The van der Waals surface area contributed by atoms with Crippen molar-refractivity contribution >= 4 is 5.91 Å². The summed E-state index contributed by atoms with van der Waals surface area (Å²) in [5, 5.41) is 0. The fraction of sp³-hybridized carbons (Fsp3) is 0.542. The van der Waals surface area contributed by atoms with Gasteiger partial charge in [0, 0.05) is 38.0 Å². The van der Waals surface area contributed by atoms with E-state index in [2.05, 4.69) is 14.9 Å². The van der Waals surface area contributed by atoms with Gasteiger partial charge < -0.3 is 9.64 Å². The highest BCUT2D eigenvalue weighted by atomic mass is 19.1. The molecule has 2 fully saturated rings. The van der Waals surface area contributed by atoms with Gasteiger partial charge in [-0.3, -0.25) is 14.7 Å². The average molecular weight is 427 g/mol. The highest BCUT2D eigenvalue weighted by Crippen LogP contribution is 2.23. The second kappa shape index (κ2) is 10.3. The van der Waals surface area contributed by atoms with Crippen LogP contribution in [0.4, 0.5) is 4.39 Å². The lowest BCUT2D eigenvalue weighted by atomic mass is 9.95. The first-order chi connectivity index (χ1) is 15.1. The number of halogens is 1. The van der Waals surface area contributed by atoms with Gasteiger partial charge in [0.2, 0.25) is 0 Å². The zero-order valence-electron chi connectivity index (χ0n) is 18.2. The number of hydrogen-bond acceptors (Lipinski definition) is 5. The summed E-state index contributed by atoms with van der Waals surface area (Å²) in [5.41, 5.74) is 1.93. The van der Waals surface area contributed by atoms with E-state index in [4.69, 9.17) is 4.74 Å². The van der Waals surface area contributed by atoms with E-state index in [0.29, 0.717) is 31.2 Å². The molecule has 2 aromatic rings. The van der Waals surface area contributed by atoms with E-state index < -0.39 is 0 Å². The lowest BCUT2D eigenvalue weighted by molar-refractivity contribution is 0.0440. The number of nitrogens with zero attached hydrogens (tertiary/aromatic N) is 4. The van der Waals surface area contributed by atoms with Crippen molar-refractivity contribution in [2.45, 2.75) is 45.3 Å². The first kappa shape index (κ1) is 21.8. The molecule has 3 heterocycles. The summed E-state index contributed by atoms with van der Waals surface area (Å²) >= 11 is 0. The number of aromatic nitrogens is 2. The molecular weight excluding hydrogens is 395 g/mol. The number of amides is 1. The van der Waals surface area contributed by atoms with Gasteiger partial charge in [0.05, 0.1) is 18.0 Å². The third-order valence-corrected chi connectivity index (χ3v) is 6.27. The van der Waals surface area contributed by atoms with Gasteiger partial charge in [-0.05, 0) is 57.7 Å². The maximum atomic E-state index is 14.0. The molecule has 31 heavy (non-hydrogen) atoms. The minimum atomic E-state index is -0.142. The number of ether oxygens (including phenoxy) is 1. The molecule has 0 saturated carbocycles. The van der Waals surface area contributed by atoms with E-state index in [1.807, 2.05) is 24.0 Å². The smallest absolute Gasteiger partial charge is 0.274 e. The molecule has 0 spiro atoms. The second-order valence-corrected chi connectivity index (χ2v) is 8.70. The molecule has 1 aromatic heterocycles. The molecule has 6 nitrogen and oxygen atoms in total. The van der Waals surface area contributed by atoms with Crippen molar-refractivity contribution in [2.75, 3.05) is 32.8 Å². The van der Waals surface area contributed by atoms with Crippen LogP contribution in [0.2, 0.25) is 0 Å². The highest BCUT2D eigenvalue weighted by Gasteiger charge is 2.28. The molecular formula is C24H31FN4O2. The van der Waals surface area contributed by atoms with Crippen LogP contribution in [0.5, 0.6) is 0 Å². The predicted molar refractivity (Wildman–Crippen MR) is 116 cm³/mol. The minimum absolute atomic E-state index is 0.0724. The van der Waals surface area contributed by atoms with Crippen LogP contribution in [0.1, 0.15) is 47.4 Å². The van der Waals surface area contributed by atoms with Crippen LogP contribution in [0, 0.1) is 18.7 Å². The molecule has 2 saturated heterocycles. The average Bonchev–Trinajstić information content (AvgIpc) is 3.29. The summed E-state index contributed by atoms with van der Waals surface area (Å²) in [5.74, 6) is 0.203. The molecule has 1 atom stereocenters. The Morgan fingerprint density at radius 2 is 1.97 bits per heavy atom. The van der Waals surface area contributed by atoms with Gasteiger partial charge in [0.15, 0.2) is 0 Å².